The lowest BCUT2D eigenvalue weighted by Gasteiger charge is -2.19. The summed E-state index contributed by atoms with van der Waals surface area (Å²) in [5, 5.41) is 8.51. The molecule has 6 nitrogen and oxygen atoms in total. The van der Waals surface area contributed by atoms with Crippen LogP contribution in [0.25, 0.3) is 12.2 Å². The maximum Gasteiger partial charge on any atom is 0.267 e. The van der Waals surface area contributed by atoms with Gasteiger partial charge < -0.3 is 4.90 Å². The minimum absolute atomic E-state index is 0. The Morgan fingerprint density at radius 1 is 0.967 bits per heavy atom. The lowest BCUT2D eigenvalue weighted by atomic mass is 9.92. The summed E-state index contributed by atoms with van der Waals surface area (Å²) in [7, 11) is 0. The van der Waals surface area contributed by atoms with Gasteiger partial charge in [0.05, 0.1) is 11.4 Å². The number of benzene rings is 1. The fourth-order valence-electron chi connectivity index (χ4n) is 3.49. The molecule has 1 atom stereocenters. The summed E-state index contributed by atoms with van der Waals surface area (Å²) in [5.74, 6) is -0.141. The van der Waals surface area contributed by atoms with Crippen molar-refractivity contribution in [2.75, 3.05) is 13.1 Å². The highest BCUT2D eigenvalue weighted by atomic mass is 35.5. The van der Waals surface area contributed by atoms with Crippen molar-refractivity contribution in [2.45, 2.75) is 25.2 Å². The van der Waals surface area contributed by atoms with Gasteiger partial charge >= 0.3 is 0 Å². The van der Waals surface area contributed by atoms with Gasteiger partial charge in [-0.25, -0.2) is 10.5 Å². The molecule has 2 amide bonds. The molecule has 1 unspecified atom stereocenters. The normalized spacial score (nSPS) is 16.8. The Morgan fingerprint density at radius 2 is 1.67 bits per heavy atom. The maximum absolute atomic E-state index is 12.6. The molecule has 1 fully saturated rings. The van der Waals surface area contributed by atoms with E-state index in [4.69, 9.17) is 5.21 Å². The van der Waals surface area contributed by atoms with E-state index >= 15 is 0 Å². The number of nitrogens with zero attached hydrogens (tertiary/aromatic N) is 2. The molecule has 1 aliphatic heterocycles. The molecule has 1 aromatic carbocycles. The van der Waals surface area contributed by atoms with Gasteiger partial charge in [-0.15, -0.1) is 12.4 Å². The molecule has 0 saturated carbocycles. The van der Waals surface area contributed by atoms with E-state index in [1.807, 2.05) is 11.0 Å². The van der Waals surface area contributed by atoms with Gasteiger partial charge in [0.15, 0.2) is 0 Å². The highest BCUT2D eigenvalue weighted by molar-refractivity contribution is 5.92. The lowest BCUT2D eigenvalue weighted by Crippen LogP contribution is -2.30. The van der Waals surface area contributed by atoms with Gasteiger partial charge in [-0.3, -0.25) is 14.8 Å². The molecular weight excluding hydrogens is 402 g/mol. The van der Waals surface area contributed by atoms with Crippen LogP contribution in [0.1, 0.15) is 42.1 Å². The fraction of sp³-hybridized carbons (Fsp3) is 0.261. The Labute approximate surface area is 182 Å². The average molecular weight is 428 g/mol. The van der Waals surface area contributed by atoms with Crippen LogP contribution >= 0.6 is 12.4 Å². The predicted octanol–water partition coefficient (Wildman–Crippen LogP) is 3.83. The number of halogens is 1. The second-order valence-electron chi connectivity index (χ2n) is 6.99. The fourth-order valence-corrected chi connectivity index (χ4v) is 3.49. The van der Waals surface area contributed by atoms with Gasteiger partial charge in [-0.2, -0.15) is 0 Å². The summed E-state index contributed by atoms with van der Waals surface area (Å²) in [4.78, 5) is 29.9. The lowest BCUT2D eigenvalue weighted by molar-refractivity contribution is -0.126. The van der Waals surface area contributed by atoms with E-state index in [1.54, 1.807) is 30.4 Å². The zero-order valence-electron chi connectivity index (χ0n) is 16.6. The number of likely N-dealkylation sites (tertiary alicyclic amines) is 1. The number of pyridine rings is 1. The van der Waals surface area contributed by atoms with Gasteiger partial charge in [0.2, 0.25) is 5.91 Å². The topological polar surface area (TPSA) is 82.5 Å². The number of hydrogen-bond donors (Lipinski definition) is 2. The molecule has 2 heterocycles. The van der Waals surface area contributed by atoms with Crippen molar-refractivity contribution in [1.82, 2.24) is 15.4 Å². The number of amides is 2. The number of rotatable bonds is 5. The minimum atomic E-state index is -0.627. The predicted molar refractivity (Wildman–Crippen MR) is 119 cm³/mol. The molecule has 1 saturated heterocycles. The van der Waals surface area contributed by atoms with E-state index < -0.39 is 5.91 Å². The zero-order valence-corrected chi connectivity index (χ0v) is 17.4. The third-order valence-electron chi connectivity index (χ3n) is 5.02. The van der Waals surface area contributed by atoms with Crippen molar-refractivity contribution >= 4 is 36.4 Å². The van der Waals surface area contributed by atoms with E-state index in [2.05, 4.69) is 29.2 Å². The summed E-state index contributed by atoms with van der Waals surface area (Å²) in [6, 6.07) is 15.8. The van der Waals surface area contributed by atoms with Gasteiger partial charge in [0, 0.05) is 25.2 Å². The van der Waals surface area contributed by atoms with Crippen LogP contribution in [-0.4, -0.2) is 40.0 Å². The number of hydroxylamine groups is 1. The van der Waals surface area contributed by atoms with E-state index in [0.29, 0.717) is 17.3 Å². The second kappa shape index (κ2) is 11.9. The molecule has 158 valence electrons. The molecule has 0 radical (unpaired) electrons. The summed E-state index contributed by atoms with van der Waals surface area (Å²) in [6.45, 7) is 1.51. The minimum Gasteiger partial charge on any atom is -0.339 e. The van der Waals surface area contributed by atoms with Gasteiger partial charge in [0.25, 0.3) is 5.91 Å². The Bertz CT molecular complexity index is 900. The molecule has 2 aromatic rings. The molecule has 30 heavy (non-hydrogen) atoms. The van der Waals surface area contributed by atoms with Crippen molar-refractivity contribution < 1.29 is 14.8 Å². The Kier molecular flexibility index (Phi) is 9.25. The summed E-state index contributed by atoms with van der Waals surface area (Å²) < 4.78 is 0. The first-order valence-corrected chi connectivity index (χ1v) is 9.77. The summed E-state index contributed by atoms with van der Waals surface area (Å²) >= 11 is 0. The third-order valence-corrected chi connectivity index (χ3v) is 5.02. The smallest absolute Gasteiger partial charge is 0.267 e. The van der Waals surface area contributed by atoms with Gasteiger partial charge in [0.1, 0.15) is 0 Å². The quantitative estimate of drug-likeness (QED) is 0.431. The highest BCUT2D eigenvalue weighted by Gasteiger charge is 2.20. The maximum atomic E-state index is 12.6. The standard InChI is InChI=1S/C23H25N3O3.ClH/c27-22(25-29)13-11-20-9-4-10-21(24-20)12-14-23(28)26-16-5-8-19(15-17-26)18-6-2-1-3-7-18;/h1-4,6-7,9-14,19,29H,5,8,15-17H2,(H,25,27);1H. The van der Waals surface area contributed by atoms with E-state index in [0.717, 1.165) is 32.4 Å². The SMILES string of the molecule is Cl.O=C(C=Cc1cccc(C=CC(=O)N2CCCC(c3ccccc3)CC2)n1)NO. The zero-order chi connectivity index (χ0) is 20.5. The Balaban J connectivity index is 0.00000320. The molecule has 3 rings (SSSR count). The molecule has 0 spiro atoms. The molecule has 0 bridgehead atoms. The van der Waals surface area contributed by atoms with Crippen LogP contribution in [0.15, 0.2) is 60.7 Å². The van der Waals surface area contributed by atoms with Gasteiger partial charge in [-0.1, -0.05) is 36.4 Å². The van der Waals surface area contributed by atoms with Crippen molar-refractivity contribution in [2.24, 2.45) is 0 Å². The van der Waals surface area contributed by atoms with Crippen LogP contribution in [0, 0.1) is 0 Å². The molecule has 1 aromatic heterocycles. The van der Waals surface area contributed by atoms with Crippen LogP contribution in [0.4, 0.5) is 0 Å². The van der Waals surface area contributed by atoms with Crippen molar-refractivity contribution in [3.8, 4) is 0 Å². The van der Waals surface area contributed by atoms with Crippen molar-refractivity contribution in [3.63, 3.8) is 0 Å². The summed E-state index contributed by atoms with van der Waals surface area (Å²) in [5.41, 5.74) is 4.06. The number of hydrogen-bond acceptors (Lipinski definition) is 4. The van der Waals surface area contributed by atoms with Crippen LogP contribution in [0.2, 0.25) is 0 Å². The van der Waals surface area contributed by atoms with E-state index in [-0.39, 0.29) is 18.3 Å². The monoisotopic (exact) mass is 427 g/mol. The molecule has 1 aliphatic rings. The highest BCUT2D eigenvalue weighted by Crippen LogP contribution is 2.27. The Morgan fingerprint density at radius 3 is 2.37 bits per heavy atom. The number of carbonyl (C=O) groups is 2. The number of nitrogens with one attached hydrogen (secondary N) is 1. The third kappa shape index (κ3) is 6.83. The van der Waals surface area contributed by atoms with Crippen LogP contribution in [0.5, 0.6) is 0 Å². The number of aromatic nitrogens is 1. The summed E-state index contributed by atoms with van der Waals surface area (Å²) in [6.07, 6.45) is 8.96. The second-order valence-corrected chi connectivity index (χ2v) is 6.99. The van der Waals surface area contributed by atoms with Crippen molar-refractivity contribution in [1.29, 1.82) is 0 Å². The molecular formula is C23H26ClN3O3. The van der Waals surface area contributed by atoms with Gasteiger partial charge in [-0.05, 0) is 55.0 Å². The molecule has 0 aliphatic carbocycles. The first-order valence-electron chi connectivity index (χ1n) is 9.77. The first kappa shape index (κ1) is 23.3. The number of carbonyl (C=O) groups excluding carboxylic acids is 2. The Hall–Kier alpha value is -2.96. The van der Waals surface area contributed by atoms with Crippen molar-refractivity contribution in [3.05, 3.63) is 77.6 Å². The van der Waals surface area contributed by atoms with Crippen LogP contribution < -0.4 is 5.48 Å². The van der Waals surface area contributed by atoms with E-state index in [9.17, 15) is 9.59 Å². The van der Waals surface area contributed by atoms with Crippen LogP contribution in [-0.2, 0) is 9.59 Å². The average Bonchev–Trinajstić information content (AvgIpc) is 3.03. The first-order chi connectivity index (χ1) is 14.2. The van der Waals surface area contributed by atoms with Crippen LogP contribution in [0.3, 0.4) is 0 Å². The molecule has 2 N–H and O–H groups in total. The largest absolute Gasteiger partial charge is 0.339 e. The molecule has 7 heteroatoms. The van der Waals surface area contributed by atoms with E-state index in [1.165, 1.54) is 23.2 Å².